The average molecular weight is 199 g/mol. The maximum atomic E-state index is 6.10. The fraction of sp³-hybridized carbons (Fsp3) is 1.00. The topological polar surface area (TPSA) is 35.2 Å². The van der Waals surface area contributed by atoms with Gasteiger partial charge >= 0.3 is 0 Å². The highest BCUT2D eigenvalue weighted by atomic mass is 16.5. The predicted octanol–water partition coefficient (Wildman–Crippen LogP) is 2.71. The van der Waals surface area contributed by atoms with Crippen LogP contribution in [0.2, 0.25) is 0 Å². The zero-order valence-corrected chi connectivity index (χ0v) is 9.67. The molecule has 0 saturated heterocycles. The van der Waals surface area contributed by atoms with Crippen LogP contribution < -0.4 is 5.73 Å². The van der Waals surface area contributed by atoms with Crippen molar-refractivity contribution in [1.29, 1.82) is 0 Å². The van der Waals surface area contributed by atoms with Gasteiger partial charge in [-0.15, -0.1) is 0 Å². The van der Waals surface area contributed by atoms with E-state index < -0.39 is 0 Å². The van der Waals surface area contributed by atoms with Gasteiger partial charge in [0.25, 0.3) is 0 Å². The SMILES string of the molecule is CCCC(C)OCC(N)C1CCCC1. The van der Waals surface area contributed by atoms with Crippen LogP contribution in [0.5, 0.6) is 0 Å². The Bertz CT molecular complexity index is 143. The zero-order valence-electron chi connectivity index (χ0n) is 9.67. The summed E-state index contributed by atoms with van der Waals surface area (Å²) in [5, 5.41) is 0. The largest absolute Gasteiger partial charge is 0.377 e. The smallest absolute Gasteiger partial charge is 0.0623 e. The third-order valence-electron chi connectivity index (χ3n) is 3.27. The Morgan fingerprint density at radius 2 is 2.00 bits per heavy atom. The van der Waals surface area contributed by atoms with E-state index in [4.69, 9.17) is 10.5 Å². The zero-order chi connectivity index (χ0) is 10.4. The van der Waals surface area contributed by atoms with E-state index in [1.54, 1.807) is 0 Å². The van der Waals surface area contributed by atoms with Gasteiger partial charge in [-0.1, -0.05) is 26.2 Å². The van der Waals surface area contributed by atoms with Crippen molar-refractivity contribution >= 4 is 0 Å². The molecule has 0 amide bonds. The molecule has 0 aromatic heterocycles. The number of hydrogen-bond acceptors (Lipinski definition) is 2. The molecule has 0 aliphatic heterocycles. The van der Waals surface area contributed by atoms with Crippen LogP contribution in [0.3, 0.4) is 0 Å². The van der Waals surface area contributed by atoms with Crippen LogP contribution in [0.4, 0.5) is 0 Å². The summed E-state index contributed by atoms with van der Waals surface area (Å²) in [6.45, 7) is 5.09. The molecule has 2 unspecified atom stereocenters. The molecule has 1 aliphatic carbocycles. The Kier molecular flexibility index (Phi) is 5.49. The van der Waals surface area contributed by atoms with Gasteiger partial charge in [0, 0.05) is 6.04 Å². The Morgan fingerprint density at radius 1 is 1.36 bits per heavy atom. The first-order valence-corrected chi connectivity index (χ1v) is 6.11. The maximum absolute atomic E-state index is 6.10. The third kappa shape index (κ3) is 3.97. The Morgan fingerprint density at radius 3 is 2.57 bits per heavy atom. The van der Waals surface area contributed by atoms with Gasteiger partial charge in [0.05, 0.1) is 12.7 Å². The molecule has 0 bridgehead atoms. The lowest BCUT2D eigenvalue weighted by Crippen LogP contribution is -2.34. The molecule has 1 rings (SSSR count). The first kappa shape index (κ1) is 12.0. The Hall–Kier alpha value is -0.0800. The van der Waals surface area contributed by atoms with Crippen molar-refractivity contribution < 1.29 is 4.74 Å². The quantitative estimate of drug-likeness (QED) is 0.714. The molecule has 84 valence electrons. The monoisotopic (exact) mass is 199 g/mol. The standard InChI is InChI=1S/C12H25NO/c1-3-6-10(2)14-9-12(13)11-7-4-5-8-11/h10-12H,3-9,13H2,1-2H3. The van der Waals surface area contributed by atoms with Crippen molar-refractivity contribution in [3.05, 3.63) is 0 Å². The lowest BCUT2D eigenvalue weighted by Gasteiger charge is -2.21. The number of hydrogen-bond donors (Lipinski definition) is 1. The maximum Gasteiger partial charge on any atom is 0.0623 e. The van der Waals surface area contributed by atoms with E-state index >= 15 is 0 Å². The lowest BCUT2D eigenvalue weighted by atomic mass is 10.00. The van der Waals surface area contributed by atoms with Crippen molar-refractivity contribution in [3.8, 4) is 0 Å². The summed E-state index contributed by atoms with van der Waals surface area (Å²) < 4.78 is 5.73. The van der Waals surface area contributed by atoms with E-state index in [0.717, 1.165) is 18.9 Å². The van der Waals surface area contributed by atoms with Crippen LogP contribution >= 0.6 is 0 Å². The Labute approximate surface area is 88.2 Å². The second-order valence-corrected chi connectivity index (χ2v) is 4.64. The number of rotatable bonds is 6. The van der Waals surface area contributed by atoms with E-state index in [1.165, 1.54) is 32.1 Å². The second-order valence-electron chi connectivity index (χ2n) is 4.64. The molecule has 1 fully saturated rings. The van der Waals surface area contributed by atoms with Crippen molar-refractivity contribution in [1.82, 2.24) is 0 Å². The molecule has 2 atom stereocenters. The fourth-order valence-corrected chi connectivity index (χ4v) is 2.29. The van der Waals surface area contributed by atoms with Crippen molar-refractivity contribution in [2.24, 2.45) is 11.7 Å². The van der Waals surface area contributed by atoms with Gasteiger partial charge in [0.1, 0.15) is 0 Å². The van der Waals surface area contributed by atoms with Gasteiger partial charge in [-0.2, -0.15) is 0 Å². The van der Waals surface area contributed by atoms with Crippen LogP contribution in [0.1, 0.15) is 52.4 Å². The summed E-state index contributed by atoms with van der Waals surface area (Å²) in [7, 11) is 0. The normalized spacial score (nSPS) is 22.5. The van der Waals surface area contributed by atoms with Crippen LogP contribution in [0.15, 0.2) is 0 Å². The van der Waals surface area contributed by atoms with Crippen LogP contribution in [0, 0.1) is 5.92 Å². The minimum Gasteiger partial charge on any atom is -0.377 e. The summed E-state index contributed by atoms with van der Waals surface area (Å²) >= 11 is 0. The minimum absolute atomic E-state index is 0.275. The van der Waals surface area contributed by atoms with Gasteiger partial charge < -0.3 is 10.5 Å². The molecule has 0 aromatic rings. The van der Waals surface area contributed by atoms with Gasteiger partial charge in [0.2, 0.25) is 0 Å². The van der Waals surface area contributed by atoms with E-state index in [9.17, 15) is 0 Å². The number of nitrogens with two attached hydrogens (primary N) is 1. The fourth-order valence-electron chi connectivity index (χ4n) is 2.29. The van der Waals surface area contributed by atoms with E-state index in [1.807, 2.05) is 0 Å². The molecule has 2 N–H and O–H groups in total. The van der Waals surface area contributed by atoms with E-state index in [2.05, 4.69) is 13.8 Å². The molecule has 1 aliphatic rings. The first-order chi connectivity index (χ1) is 6.74. The first-order valence-electron chi connectivity index (χ1n) is 6.11. The van der Waals surface area contributed by atoms with Gasteiger partial charge in [-0.05, 0) is 32.1 Å². The van der Waals surface area contributed by atoms with Gasteiger partial charge in [-0.25, -0.2) is 0 Å². The molecule has 1 saturated carbocycles. The molecule has 2 nitrogen and oxygen atoms in total. The van der Waals surface area contributed by atoms with Crippen LogP contribution in [0.25, 0.3) is 0 Å². The Balaban J connectivity index is 2.10. The molecular formula is C12H25NO. The van der Waals surface area contributed by atoms with Crippen LogP contribution in [-0.2, 0) is 4.74 Å². The van der Waals surface area contributed by atoms with Gasteiger partial charge in [-0.3, -0.25) is 0 Å². The summed E-state index contributed by atoms with van der Waals surface area (Å²) in [5.74, 6) is 0.726. The lowest BCUT2D eigenvalue weighted by molar-refractivity contribution is 0.0412. The summed E-state index contributed by atoms with van der Waals surface area (Å²) in [4.78, 5) is 0. The second kappa shape index (κ2) is 6.41. The van der Waals surface area contributed by atoms with Gasteiger partial charge in [0.15, 0.2) is 0 Å². The third-order valence-corrected chi connectivity index (χ3v) is 3.27. The molecular weight excluding hydrogens is 174 g/mol. The summed E-state index contributed by atoms with van der Waals surface area (Å²) in [6, 6.07) is 0.275. The minimum atomic E-state index is 0.275. The molecule has 0 aromatic carbocycles. The molecule has 0 radical (unpaired) electrons. The predicted molar refractivity (Wildman–Crippen MR) is 60.3 cm³/mol. The highest BCUT2D eigenvalue weighted by Crippen LogP contribution is 2.27. The summed E-state index contributed by atoms with van der Waals surface area (Å²) in [5.41, 5.74) is 6.10. The average Bonchev–Trinajstić information content (AvgIpc) is 2.67. The molecule has 0 spiro atoms. The van der Waals surface area contributed by atoms with Crippen molar-refractivity contribution in [2.75, 3.05) is 6.61 Å². The van der Waals surface area contributed by atoms with E-state index in [0.29, 0.717) is 6.10 Å². The number of ether oxygens (including phenoxy) is 1. The van der Waals surface area contributed by atoms with Crippen molar-refractivity contribution in [2.45, 2.75) is 64.5 Å². The molecule has 2 heteroatoms. The highest BCUT2D eigenvalue weighted by Gasteiger charge is 2.22. The molecule has 0 heterocycles. The summed E-state index contributed by atoms with van der Waals surface area (Å²) in [6.07, 6.45) is 8.08. The van der Waals surface area contributed by atoms with Crippen molar-refractivity contribution in [3.63, 3.8) is 0 Å². The highest BCUT2D eigenvalue weighted by molar-refractivity contribution is 4.77. The van der Waals surface area contributed by atoms with Crippen LogP contribution in [-0.4, -0.2) is 18.8 Å². The van der Waals surface area contributed by atoms with E-state index in [-0.39, 0.29) is 6.04 Å². The molecule has 14 heavy (non-hydrogen) atoms.